The lowest BCUT2D eigenvalue weighted by Crippen LogP contribution is -2.13. The lowest BCUT2D eigenvalue weighted by Gasteiger charge is -2.15. The average molecular weight is 243 g/mol. The summed E-state index contributed by atoms with van der Waals surface area (Å²) in [5.74, 6) is 0.361. The fourth-order valence-corrected chi connectivity index (χ4v) is 1.62. The van der Waals surface area contributed by atoms with Crippen LogP contribution in [0, 0.1) is 5.82 Å². The van der Waals surface area contributed by atoms with Crippen molar-refractivity contribution >= 4 is 0 Å². The molecule has 0 radical (unpaired) electrons. The third kappa shape index (κ3) is 3.31. The SMILES string of the molecule is COc1cc(F)c([C@@H](N)CCCO)cc1OC. The van der Waals surface area contributed by atoms with Crippen LogP contribution in [0.4, 0.5) is 4.39 Å². The molecule has 0 heterocycles. The van der Waals surface area contributed by atoms with E-state index in [1.807, 2.05) is 0 Å². The lowest BCUT2D eigenvalue weighted by molar-refractivity contribution is 0.279. The molecule has 4 nitrogen and oxygen atoms in total. The fraction of sp³-hybridized carbons (Fsp3) is 0.500. The van der Waals surface area contributed by atoms with Gasteiger partial charge in [0.15, 0.2) is 11.5 Å². The predicted octanol–water partition coefficient (Wildman–Crippen LogP) is 1.62. The Hall–Kier alpha value is -1.33. The monoisotopic (exact) mass is 243 g/mol. The van der Waals surface area contributed by atoms with Gasteiger partial charge in [0, 0.05) is 24.3 Å². The molecule has 0 saturated carbocycles. The van der Waals surface area contributed by atoms with Crippen molar-refractivity contribution in [3.63, 3.8) is 0 Å². The van der Waals surface area contributed by atoms with Crippen LogP contribution < -0.4 is 15.2 Å². The summed E-state index contributed by atoms with van der Waals surface area (Å²) in [6.07, 6.45) is 1.05. The van der Waals surface area contributed by atoms with Crippen molar-refractivity contribution in [3.8, 4) is 11.5 Å². The number of methoxy groups -OCH3 is 2. The molecule has 1 aromatic carbocycles. The summed E-state index contributed by atoms with van der Waals surface area (Å²) in [5, 5.41) is 8.72. The van der Waals surface area contributed by atoms with Crippen LogP contribution in [0.15, 0.2) is 12.1 Å². The summed E-state index contributed by atoms with van der Waals surface area (Å²) >= 11 is 0. The Morgan fingerprint density at radius 2 is 1.88 bits per heavy atom. The van der Waals surface area contributed by atoms with Gasteiger partial charge in [0.05, 0.1) is 14.2 Å². The molecule has 1 atom stereocenters. The topological polar surface area (TPSA) is 64.7 Å². The first-order chi connectivity index (χ1) is 8.13. The third-order valence-electron chi connectivity index (χ3n) is 2.58. The number of hydrogen-bond acceptors (Lipinski definition) is 4. The molecule has 0 fully saturated rings. The Bertz CT molecular complexity index is 371. The van der Waals surface area contributed by atoms with E-state index in [-0.39, 0.29) is 6.61 Å². The van der Waals surface area contributed by atoms with Gasteiger partial charge >= 0.3 is 0 Å². The average Bonchev–Trinajstić information content (AvgIpc) is 2.35. The quantitative estimate of drug-likeness (QED) is 0.796. The van der Waals surface area contributed by atoms with Gasteiger partial charge in [0.1, 0.15) is 5.82 Å². The molecule has 0 aliphatic heterocycles. The van der Waals surface area contributed by atoms with Crippen LogP contribution in [0.25, 0.3) is 0 Å². The van der Waals surface area contributed by atoms with Crippen LogP contribution in [-0.2, 0) is 0 Å². The first-order valence-electron chi connectivity index (χ1n) is 5.41. The number of benzene rings is 1. The van der Waals surface area contributed by atoms with E-state index in [9.17, 15) is 4.39 Å². The van der Waals surface area contributed by atoms with Crippen LogP contribution in [-0.4, -0.2) is 25.9 Å². The van der Waals surface area contributed by atoms with Gasteiger partial charge < -0.3 is 20.3 Å². The summed E-state index contributed by atoms with van der Waals surface area (Å²) < 4.78 is 23.8. The van der Waals surface area contributed by atoms with Crippen molar-refractivity contribution in [2.45, 2.75) is 18.9 Å². The van der Waals surface area contributed by atoms with Gasteiger partial charge in [0.2, 0.25) is 0 Å². The maximum Gasteiger partial charge on any atom is 0.163 e. The fourth-order valence-electron chi connectivity index (χ4n) is 1.62. The van der Waals surface area contributed by atoms with E-state index < -0.39 is 11.9 Å². The Labute approximate surface area is 100 Å². The molecule has 3 N–H and O–H groups in total. The highest BCUT2D eigenvalue weighted by Gasteiger charge is 2.16. The molecule has 0 unspecified atom stereocenters. The van der Waals surface area contributed by atoms with E-state index in [1.165, 1.54) is 26.4 Å². The number of halogens is 1. The van der Waals surface area contributed by atoms with Crippen LogP contribution in [0.2, 0.25) is 0 Å². The van der Waals surface area contributed by atoms with Gasteiger partial charge in [-0.05, 0) is 18.9 Å². The van der Waals surface area contributed by atoms with E-state index in [0.717, 1.165) is 0 Å². The smallest absolute Gasteiger partial charge is 0.163 e. The van der Waals surface area contributed by atoms with Crippen LogP contribution in [0.1, 0.15) is 24.4 Å². The summed E-state index contributed by atoms with van der Waals surface area (Å²) in [7, 11) is 2.93. The Morgan fingerprint density at radius 1 is 1.29 bits per heavy atom. The van der Waals surface area contributed by atoms with Crippen molar-refractivity contribution in [2.24, 2.45) is 5.73 Å². The van der Waals surface area contributed by atoms with E-state index in [2.05, 4.69) is 0 Å². The summed E-state index contributed by atoms with van der Waals surface area (Å²) in [6.45, 7) is 0.0443. The number of aliphatic hydroxyl groups excluding tert-OH is 1. The second-order valence-electron chi connectivity index (χ2n) is 3.70. The highest BCUT2D eigenvalue weighted by Crippen LogP contribution is 2.32. The zero-order chi connectivity index (χ0) is 12.8. The zero-order valence-corrected chi connectivity index (χ0v) is 10.1. The molecule has 1 aromatic rings. The molecular formula is C12H18FNO3. The third-order valence-corrected chi connectivity index (χ3v) is 2.58. The normalized spacial score (nSPS) is 12.3. The first kappa shape index (κ1) is 13.7. The van der Waals surface area contributed by atoms with Crippen molar-refractivity contribution < 1.29 is 19.0 Å². The number of ether oxygens (including phenoxy) is 2. The highest BCUT2D eigenvalue weighted by atomic mass is 19.1. The van der Waals surface area contributed by atoms with Gasteiger partial charge in [-0.3, -0.25) is 0 Å². The number of nitrogens with two attached hydrogens (primary N) is 1. The van der Waals surface area contributed by atoms with Gasteiger partial charge in [0.25, 0.3) is 0 Å². The minimum absolute atomic E-state index is 0.0443. The molecule has 0 aromatic heterocycles. The molecule has 0 aliphatic rings. The van der Waals surface area contributed by atoms with Crippen LogP contribution >= 0.6 is 0 Å². The zero-order valence-electron chi connectivity index (χ0n) is 10.1. The van der Waals surface area contributed by atoms with Gasteiger partial charge in [-0.1, -0.05) is 0 Å². The van der Waals surface area contributed by atoms with Gasteiger partial charge in [-0.15, -0.1) is 0 Å². The second kappa shape index (κ2) is 6.42. The molecule has 5 heteroatoms. The molecule has 1 rings (SSSR count). The number of rotatable bonds is 6. The van der Waals surface area contributed by atoms with E-state index in [1.54, 1.807) is 0 Å². The molecule has 0 saturated heterocycles. The van der Waals surface area contributed by atoms with Crippen LogP contribution in [0.3, 0.4) is 0 Å². The van der Waals surface area contributed by atoms with Crippen LogP contribution in [0.5, 0.6) is 11.5 Å². The summed E-state index contributed by atoms with van der Waals surface area (Å²) in [5.41, 5.74) is 6.22. The van der Waals surface area contributed by atoms with Crippen molar-refractivity contribution in [2.75, 3.05) is 20.8 Å². The maximum atomic E-state index is 13.8. The Kier molecular flexibility index (Phi) is 5.18. The number of aliphatic hydroxyl groups is 1. The first-order valence-corrected chi connectivity index (χ1v) is 5.41. The van der Waals surface area contributed by atoms with E-state index in [4.69, 9.17) is 20.3 Å². The Morgan fingerprint density at radius 3 is 2.41 bits per heavy atom. The minimum atomic E-state index is -0.457. The van der Waals surface area contributed by atoms with Crippen molar-refractivity contribution in [1.82, 2.24) is 0 Å². The molecule has 0 spiro atoms. The van der Waals surface area contributed by atoms with Gasteiger partial charge in [-0.2, -0.15) is 0 Å². The predicted molar refractivity (Wildman–Crippen MR) is 62.8 cm³/mol. The molecule has 0 amide bonds. The highest BCUT2D eigenvalue weighted by molar-refractivity contribution is 5.44. The van der Waals surface area contributed by atoms with Crippen molar-refractivity contribution in [1.29, 1.82) is 0 Å². The largest absolute Gasteiger partial charge is 0.493 e. The lowest BCUT2D eigenvalue weighted by atomic mass is 10.0. The standard InChI is InChI=1S/C12H18FNO3/c1-16-11-6-8(10(14)4-3-5-15)9(13)7-12(11)17-2/h6-7,10,15H,3-5,14H2,1-2H3/t10-/m0/s1. The number of hydrogen-bond donors (Lipinski definition) is 2. The Balaban J connectivity index is 2.99. The molecule has 17 heavy (non-hydrogen) atoms. The summed E-state index contributed by atoms with van der Waals surface area (Å²) in [6, 6.07) is 2.34. The maximum absolute atomic E-state index is 13.8. The summed E-state index contributed by atoms with van der Waals surface area (Å²) in [4.78, 5) is 0. The molecule has 0 bridgehead atoms. The molecular weight excluding hydrogens is 225 g/mol. The van der Waals surface area contributed by atoms with E-state index >= 15 is 0 Å². The molecule has 96 valence electrons. The molecule has 0 aliphatic carbocycles. The van der Waals surface area contributed by atoms with Crippen molar-refractivity contribution in [3.05, 3.63) is 23.5 Å². The second-order valence-corrected chi connectivity index (χ2v) is 3.70. The van der Waals surface area contributed by atoms with Gasteiger partial charge in [-0.25, -0.2) is 4.39 Å². The van der Waals surface area contributed by atoms with E-state index in [0.29, 0.717) is 29.9 Å². The minimum Gasteiger partial charge on any atom is -0.493 e.